The molecule has 9 aromatic rings. The summed E-state index contributed by atoms with van der Waals surface area (Å²) in [5, 5.41) is 2.09. The molecule has 0 saturated carbocycles. The first-order chi connectivity index (χ1) is 27.1. The Morgan fingerprint density at radius 2 is 1.05 bits per heavy atom. The Labute approximate surface area is 371 Å². The number of aromatic amines is 1. The lowest BCUT2D eigenvalue weighted by Crippen LogP contribution is -2.07. The Kier molecular flexibility index (Phi) is 15.8. The normalized spacial score (nSPS) is 10.3. The minimum atomic E-state index is 0. The second-order valence-electron chi connectivity index (χ2n) is 12.0. The predicted octanol–water partition coefficient (Wildman–Crippen LogP) is 14.7. The van der Waals surface area contributed by atoms with Crippen LogP contribution in [-0.4, -0.2) is 19.7 Å². The highest BCUT2D eigenvalue weighted by Gasteiger charge is 2.15. The van der Waals surface area contributed by atoms with Crippen molar-refractivity contribution >= 4 is 79.3 Å². The molecule has 4 aromatic heterocycles. The van der Waals surface area contributed by atoms with E-state index >= 15 is 0 Å². The van der Waals surface area contributed by atoms with E-state index in [1.54, 1.807) is 0 Å². The second-order valence-corrected chi connectivity index (χ2v) is 15.1. The Morgan fingerprint density at radius 1 is 0.552 bits per heavy atom. The number of aromatic nitrogens is 4. The van der Waals surface area contributed by atoms with Gasteiger partial charge in [0.05, 0.1) is 18.2 Å². The molecule has 0 fully saturated rings. The van der Waals surface area contributed by atoms with Gasteiger partial charge in [0.15, 0.2) is 5.65 Å². The van der Waals surface area contributed by atoms with E-state index in [2.05, 4.69) is 78.3 Å². The maximum Gasteiger partial charge on any atom is 0.180 e. The van der Waals surface area contributed by atoms with Gasteiger partial charge in [-0.05, 0) is 106 Å². The van der Waals surface area contributed by atoms with E-state index in [1.165, 1.54) is 4.73 Å². The SMILES string of the molecule is C.C.C.Ic1c[nH]c2ncc(-c3ccccc3Oc3ccccc3)cc12.Ic1cn(OOSc2ccccc2)c2ncc(-c3ccccc3Oc3ccccc3)cc12. The summed E-state index contributed by atoms with van der Waals surface area (Å²) in [6, 6.07) is 49.5. The molecule has 0 bridgehead atoms. The lowest BCUT2D eigenvalue weighted by atomic mass is 10.1. The van der Waals surface area contributed by atoms with Crippen molar-refractivity contribution in [3.05, 3.63) is 184 Å². The number of nitrogens with one attached hydrogen (secondary N) is 1. The van der Waals surface area contributed by atoms with Crippen LogP contribution in [0, 0.1) is 7.14 Å². The summed E-state index contributed by atoms with van der Waals surface area (Å²) in [6.07, 6.45) is 7.51. The van der Waals surface area contributed by atoms with E-state index in [0.717, 1.165) is 85.8 Å². The maximum atomic E-state index is 6.12. The van der Waals surface area contributed by atoms with Crippen LogP contribution in [0.2, 0.25) is 0 Å². The first-order valence-corrected chi connectivity index (χ1v) is 20.0. The first-order valence-electron chi connectivity index (χ1n) is 17.1. The van der Waals surface area contributed by atoms with Gasteiger partial charge in [-0.1, -0.05) is 118 Å². The number of H-pyrrole nitrogens is 1. The van der Waals surface area contributed by atoms with Crippen LogP contribution in [0.3, 0.4) is 0 Å². The lowest BCUT2D eigenvalue weighted by Gasteiger charge is -2.11. The zero-order valence-corrected chi connectivity index (χ0v) is 34.0. The molecule has 294 valence electrons. The number of halogens is 2. The number of fused-ring (bicyclic) bond motifs is 2. The number of hydrogen-bond donors (Lipinski definition) is 1. The molecule has 0 unspecified atom stereocenters. The maximum absolute atomic E-state index is 6.12. The molecule has 0 radical (unpaired) electrons. The summed E-state index contributed by atoms with van der Waals surface area (Å²) in [5.74, 6) is 3.21. The van der Waals surface area contributed by atoms with Crippen molar-refractivity contribution in [3.63, 3.8) is 0 Å². The monoisotopic (exact) mass is 1010 g/mol. The molecule has 9 rings (SSSR count). The Balaban J connectivity index is 0.000000220. The predicted molar refractivity (Wildman–Crippen MR) is 255 cm³/mol. The molecule has 0 spiro atoms. The number of rotatable bonds is 10. The van der Waals surface area contributed by atoms with Gasteiger partial charge in [-0.15, -0.1) is 4.73 Å². The van der Waals surface area contributed by atoms with Crippen molar-refractivity contribution < 1.29 is 18.8 Å². The number of hydrogen-bond acceptors (Lipinski definition) is 7. The second kappa shape index (κ2) is 20.9. The van der Waals surface area contributed by atoms with E-state index < -0.39 is 0 Å². The van der Waals surface area contributed by atoms with Crippen molar-refractivity contribution in [1.29, 1.82) is 0 Å². The minimum Gasteiger partial charge on any atom is -0.457 e. The third-order valence-electron chi connectivity index (χ3n) is 8.37. The average Bonchev–Trinajstić information content (AvgIpc) is 3.77. The lowest BCUT2D eigenvalue weighted by molar-refractivity contribution is -0.188. The van der Waals surface area contributed by atoms with Gasteiger partial charge in [-0.3, -0.25) is 0 Å². The molecule has 11 heteroatoms. The third kappa shape index (κ3) is 10.4. The van der Waals surface area contributed by atoms with E-state index in [9.17, 15) is 0 Å². The molecule has 0 aliphatic carbocycles. The molecule has 0 saturated heterocycles. The molecule has 1 N–H and O–H groups in total. The standard InChI is InChI=1S/C25H17IN2O3S.C19H13IN2O.3CH4/c26-23-17-28(30-31-32-20-11-5-2-6-12-20)25-22(23)15-18(16-27-25)21-13-7-8-14-24(21)29-19-9-3-1-4-10-19;20-17-12-22-19-16(17)10-13(11-21-19)15-8-4-5-9-18(15)23-14-6-2-1-3-7-14;;;/h1-17H;1-12H,(H,21,22);3*1H4. The molecule has 4 heterocycles. The number of pyridine rings is 2. The summed E-state index contributed by atoms with van der Waals surface area (Å²) in [7, 11) is 0. The largest absolute Gasteiger partial charge is 0.457 e. The highest BCUT2D eigenvalue weighted by atomic mass is 127. The topological polar surface area (TPSA) is 83.4 Å². The van der Waals surface area contributed by atoms with Crippen molar-refractivity contribution in [2.75, 3.05) is 0 Å². The van der Waals surface area contributed by atoms with Crippen molar-refractivity contribution in [2.45, 2.75) is 27.2 Å². The van der Waals surface area contributed by atoms with Crippen molar-refractivity contribution in [3.8, 4) is 45.3 Å². The fourth-order valence-corrected chi connectivity index (χ4v) is 7.41. The van der Waals surface area contributed by atoms with Crippen LogP contribution in [0.4, 0.5) is 0 Å². The minimum absolute atomic E-state index is 0. The number of benzene rings is 5. The van der Waals surface area contributed by atoms with Gasteiger partial charge in [-0.2, -0.15) is 0 Å². The van der Waals surface area contributed by atoms with Gasteiger partial charge >= 0.3 is 0 Å². The van der Waals surface area contributed by atoms with Crippen LogP contribution >= 0.6 is 57.2 Å². The average molecular weight is 1010 g/mol. The Bertz CT molecular complexity index is 2680. The van der Waals surface area contributed by atoms with Crippen LogP contribution in [0.25, 0.3) is 44.3 Å². The fourth-order valence-electron chi connectivity index (χ4n) is 5.75. The van der Waals surface area contributed by atoms with E-state index in [4.69, 9.17) is 18.8 Å². The summed E-state index contributed by atoms with van der Waals surface area (Å²) in [4.78, 5) is 18.8. The van der Waals surface area contributed by atoms with Crippen LogP contribution in [0.1, 0.15) is 22.3 Å². The van der Waals surface area contributed by atoms with Gasteiger partial charge < -0.3 is 14.5 Å². The fraction of sp³-hybridized carbons (Fsp3) is 0.0638. The Morgan fingerprint density at radius 3 is 1.64 bits per heavy atom. The zero-order valence-electron chi connectivity index (χ0n) is 28.9. The van der Waals surface area contributed by atoms with E-state index in [-0.39, 0.29) is 22.3 Å². The first kappa shape index (κ1) is 43.8. The van der Waals surface area contributed by atoms with E-state index in [0.29, 0.717) is 5.65 Å². The molecule has 5 aromatic carbocycles. The van der Waals surface area contributed by atoms with Gasteiger partial charge in [-0.25, -0.2) is 15.0 Å². The molecule has 0 atom stereocenters. The molecular formula is C47H42I2N4O4S. The van der Waals surface area contributed by atoms with Gasteiger partial charge in [0.25, 0.3) is 0 Å². The summed E-state index contributed by atoms with van der Waals surface area (Å²) < 4.78 is 21.2. The van der Waals surface area contributed by atoms with Crippen molar-refractivity contribution in [2.24, 2.45) is 0 Å². The highest BCUT2D eigenvalue weighted by molar-refractivity contribution is 14.1. The van der Waals surface area contributed by atoms with E-state index in [1.807, 2.05) is 158 Å². The Hall–Kier alpha value is -5.35. The summed E-state index contributed by atoms with van der Waals surface area (Å²) in [5.41, 5.74) is 5.57. The van der Waals surface area contributed by atoms with Crippen LogP contribution in [0.15, 0.2) is 181 Å². The number of nitrogens with zero attached hydrogens (tertiary/aromatic N) is 3. The van der Waals surface area contributed by atoms with Gasteiger partial charge in [0.2, 0.25) is 0 Å². The number of ether oxygens (including phenoxy) is 2. The van der Waals surface area contributed by atoms with Crippen LogP contribution in [0.5, 0.6) is 23.0 Å². The molecule has 0 aliphatic heterocycles. The molecular weight excluding hydrogens is 970 g/mol. The zero-order chi connectivity index (χ0) is 37.4. The van der Waals surface area contributed by atoms with Gasteiger partial charge in [0, 0.05) is 63.7 Å². The number of para-hydroxylation sites is 4. The molecule has 58 heavy (non-hydrogen) atoms. The molecule has 0 amide bonds. The van der Waals surface area contributed by atoms with Gasteiger partial charge in [0.1, 0.15) is 28.6 Å². The smallest absolute Gasteiger partial charge is 0.180 e. The van der Waals surface area contributed by atoms with Crippen molar-refractivity contribution in [1.82, 2.24) is 19.7 Å². The molecule has 8 nitrogen and oxygen atoms in total. The highest BCUT2D eigenvalue weighted by Crippen LogP contribution is 2.36. The molecule has 0 aliphatic rings. The third-order valence-corrected chi connectivity index (χ3v) is 10.7. The summed E-state index contributed by atoms with van der Waals surface area (Å²) in [6.45, 7) is 0. The van der Waals surface area contributed by atoms with Crippen LogP contribution < -0.4 is 14.5 Å². The quantitative estimate of drug-likeness (QED) is 0.0632. The summed E-state index contributed by atoms with van der Waals surface area (Å²) >= 11 is 5.73. The van der Waals surface area contributed by atoms with Crippen LogP contribution in [-0.2, 0) is 4.33 Å².